The lowest BCUT2D eigenvalue weighted by Gasteiger charge is -2.02. The van der Waals surface area contributed by atoms with Gasteiger partial charge in [-0.05, 0) is 37.7 Å². The summed E-state index contributed by atoms with van der Waals surface area (Å²) in [4.78, 5) is 2.68. The van der Waals surface area contributed by atoms with Gasteiger partial charge in [-0.3, -0.25) is 0 Å². The second-order valence-corrected chi connectivity index (χ2v) is 5.80. The lowest BCUT2D eigenvalue weighted by atomic mass is 10.1. The number of thiophene rings is 1. The lowest BCUT2D eigenvalue weighted by Crippen LogP contribution is -2.02. The van der Waals surface area contributed by atoms with Crippen LogP contribution in [-0.2, 0) is 6.54 Å². The van der Waals surface area contributed by atoms with Crippen molar-refractivity contribution < 1.29 is 0 Å². The number of halogens is 1. The van der Waals surface area contributed by atoms with Gasteiger partial charge in [-0.1, -0.05) is 28.1 Å². The molecule has 1 aromatic carbocycles. The third-order valence-electron chi connectivity index (χ3n) is 2.40. The van der Waals surface area contributed by atoms with Crippen molar-refractivity contribution in [2.24, 2.45) is 0 Å². The summed E-state index contributed by atoms with van der Waals surface area (Å²) < 4.78 is 1.17. The Kier molecular flexibility index (Phi) is 3.79. The Bertz CT molecular complexity index is 490. The zero-order valence-electron chi connectivity index (χ0n) is 9.38. The number of benzene rings is 1. The molecule has 0 aliphatic heterocycles. The third-order valence-corrected chi connectivity index (χ3v) is 4.18. The Morgan fingerprint density at radius 3 is 2.75 bits per heavy atom. The molecule has 0 spiro atoms. The van der Waals surface area contributed by atoms with Crippen molar-refractivity contribution in [2.75, 3.05) is 7.05 Å². The van der Waals surface area contributed by atoms with Gasteiger partial charge in [0.15, 0.2) is 0 Å². The highest BCUT2D eigenvalue weighted by Gasteiger charge is 2.06. The van der Waals surface area contributed by atoms with E-state index in [1.54, 1.807) is 0 Å². The topological polar surface area (TPSA) is 12.0 Å². The van der Waals surface area contributed by atoms with Crippen molar-refractivity contribution in [3.05, 3.63) is 45.2 Å². The zero-order valence-corrected chi connectivity index (χ0v) is 11.8. The Balaban J connectivity index is 2.35. The van der Waals surface area contributed by atoms with E-state index in [1.807, 2.05) is 18.4 Å². The van der Waals surface area contributed by atoms with E-state index in [-0.39, 0.29) is 0 Å². The van der Waals surface area contributed by atoms with Gasteiger partial charge < -0.3 is 5.32 Å². The molecule has 0 unspecified atom stereocenters. The van der Waals surface area contributed by atoms with Crippen LogP contribution in [0.2, 0.25) is 0 Å². The smallest absolute Gasteiger partial charge is 0.0357 e. The van der Waals surface area contributed by atoms with Gasteiger partial charge in [0.2, 0.25) is 0 Å². The van der Waals surface area contributed by atoms with Crippen molar-refractivity contribution in [3.63, 3.8) is 0 Å². The summed E-state index contributed by atoms with van der Waals surface area (Å²) in [7, 11) is 1.97. The van der Waals surface area contributed by atoms with Crippen molar-refractivity contribution in [2.45, 2.75) is 13.5 Å². The van der Waals surface area contributed by atoms with Crippen LogP contribution in [0.1, 0.15) is 10.4 Å². The average Bonchev–Trinajstić information content (AvgIpc) is 2.67. The van der Waals surface area contributed by atoms with Crippen LogP contribution < -0.4 is 5.32 Å². The predicted octanol–water partition coefficient (Wildman–Crippen LogP) is 4.21. The molecule has 1 N–H and O–H groups in total. The molecule has 0 bridgehead atoms. The first-order chi connectivity index (χ1) is 7.70. The molecule has 0 saturated carbocycles. The van der Waals surface area contributed by atoms with Crippen LogP contribution in [0.4, 0.5) is 0 Å². The summed E-state index contributed by atoms with van der Waals surface area (Å²) in [6.45, 7) is 3.05. The molecule has 0 amide bonds. The van der Waals surface area contributed by atoms with E-state index in [2.05, 4.69) is 58.5 Å². The highest BCUT2D eigenvalue weighted by atomic mass is 79.9. The van der Waals surface area contributed by atoms with Crippen molar-refractivity contribution in [1.29, 1.82) is 0 Å². The molecular weight excluding hydrogens is 282 g/mol. The highest BCUT2D eigenvalue weighted by Crippen LogP contribution is 2.34. The SMILES string of the molecule is CNCc1ccc(-c2ccc(C)cc2Br)s1. The van der Waals surface area contributed by atoms with Gasteiger partial charge >= 0.3 is 0 Å². The second kappa shape index (κ2) is 5.13. The van der Waals surface area contributed by atoms with E-state index in [0.29, 0.717) is 0 Å². The summed E-state index contributed by atoms with van der Waals surface area (Å²) in [5.41, 5.74) is 2.56. The van der Waals surface area contributed by atoms with E-state index in [4.69, 9.17) is 0 Å². The van der Waals surface area contributed by atoms with Gasteiger partial charge in [0.1, 0.15) is 0 Å². The molecule has 2 rings (SSSR count). The van der Waals surface area contributed by atoms with Gasteiger partial charge in [-0.15, -0.1) is 11.3 Å². The van der Waals surface area contributed by atoms with Gasteiger partial charge in [-0.2, -0.15) is 0 Å². The maximum atomic E-state index is 3.62. The van der Waals surface area contributed by atoms with Gasteiger partial charge in [0.05, 0.1) is 0 Å². The maximum Gasteiger partial charge on any atom is 0.0357 e. The minimum absolute atomic E-state index is 0.939. The predicted molar refractivity (Wildman–Crippen MR) is 75.0 cm³/mol. The van der Waals surface area contributed by atoms with Crippen molar-refractivity contribution >= 4 is 27.3 Å². The van der Waals surface area contributed by atoms with E-state index >= 15 is 0 Å². The Hall–Kier alpha value is -0.640. The fraction of sp³-hybridized carbons (Fsp3) is 0.231. The summed E-state index contributed by atoms with van der Waals surface area (Å²) in [6, 6.07) is 10.9. The molecule has 0 atom stereocenters. The van der Waals surface area contributed by atoms with E-state index in [0.717, 1.165) is 6.54 Å². The molecule has 1 nitrogen and oxygen atoms in total. The van der Waals surface area contributed by atoms with Crippen LogP contribution in [0.5, 0.6) is 0 Å². The Labute approximate surface area is 109 Å². The molecule has 0 aliphatic carbocycles. The number of rotatable bonds is 3. The van der Waals surface area contributed by atoms with Crippen molar-refractivity contribution in [1.82, 2.24) is 5.32 Å². The summed E-state index contributed by atoms with van der Waals surface area (Å²) in [6.07, 6.45) is 0. The highest BCUT2D eigenvalue weighted by molar-refractivity contribution is 9.10. The van der Waals surface area contributed by atoms with Gasteiger partial charge in [0, 0.05) is 26.3 Å². The lowest BCUT2D eigenvalue weighted by molar-refractivity contribution is 0.831. The number of nitrogens with one attached hydrogen (secondary N) is 1. The fourth-order valence-electron chi connectivity index (χ4n) is 1.61. The molecule has 0 saturated heterocycles. The molecule has 1 aromatic heterocycles. The number of hydrogen-bond donors (Lipinski definition) is 1. The van der Waals surface area contributed by atoms with E-state index < -0.39 is 0 Å². The molecule has 3 heteroatoms. The normalized spacial score (nSPS) is 10.7. The van der Waals surface area contributed by atoms with Crippen LogP contribution in [0.25, 0.3) is 10.4 Å². The summed E-state index contributed by atoms with van der Waals surface area (Å²) >= 11 is 5.46. The first-order valence-electron chi connectivity index (χ1n) is 5.20. The van der Waals surface area contributed by atoms with Crippen LogP contribution in [0.3, 0.4) is 0 Å². The van der Waals surface area contributed by atoms with E-state index in [1.165, 1.54) is 25.4 Å². The third kappa shape index (κ3) is 2.54. The van der Waals surface area contributed by atoms with Crippen LogP contribution >= 0.6 is 27.3 Å². The van der Waals surface area contributed by atoms with Crippen molar-refractivity contribution in [3.8, 4) is 10.4 Å². The number of hydrogen-bond acceptors (Lipinski definition) is 2. The van der Waals surface area contributed by atoms with Crippen LogP contribution in [-0.4, -0.2) is 7.05 Å². The second-order valence-electron chi connectivity index (χ2n) is 3.78. The van der Waals surface area contributed by atoms with Gasteiger partial charge in [-0.25, -0.2) is 0 Å². The van der Waals surface area contributed by atoms with Gasteiger partial charge in [0.25, 0.3) is 0 Å². The van der Waals surface area contributed by atoms with E-state index in [9.17, 15) is 0 Å². The Morgan fingerprint density at radius 2 is 2.06 bits per heavy atom. The monoisotopic (exact) mass is 295 g/mol. The minimum atomic E-state index is 0.939. The van der Waals surface area contributed by atoms with Crippen LogP contribution in [0.15, 0.2) is 34.8 Å². The molecule has 1 heterocycles. The molecular formula is C13H14BrNS. The first-order valence-corrected chi connectivity index (χ1v) is 6.81. The molecule has 84 valence electrons. The summed E-state index contributed by atoms with van der Waals surface area (Å²) in [5, 5.41) is 3.17. The summed E-state index contributed by atoms with van der Waals surface area (Å²) in [5.74, 6) is 0. The standard InChI is InChI=1S/C13H14BrNS/c1-9-3-5-11(12(14)7-9)13-6-4-10(16-13)8-15-2/h3-7,15H,8H2,1-2H3. The number of aryl methyl sites for hydroxylation is 1. The molecule has 16 heavy (non-hydrogen) atoms. The fourth-order valence-corrected chi connectivity index (χ4v) is 3.51. The largest absolute Gasteiger partial charge is 0.315 e. The maximum absolute atomic E-state index is 3.62. The minimum Gasteiger partial charge on any atom is -0.315 e. The molecule has 0 aliphatic rings. The Morgan fingerprint density at radius 1 is 1.25 bits per heavy atom. The molecule has 2 aromatic rings. The average molecular weight is 296 g/mol. The molecule has 0 fully saturated rings. The zero-order chi connectivity index (χ0) is 11.5. The van der Waals surface area contributed by atoms with Crippen LogP contribution in [0, 0.1) is 6.92 Å². The first kappa shape index (κ1) is 11.8. The molecule has 0 radical (unpaired) electrons. The quantitative estimate of drug-likeness (QED) is 0.895.